The minimum absolute atomic E-state index is 0.00830. The SMILES string of the molecule is COC1C(=O)Nc2c(c(C3CCN(C(=O)OCc4ccccc4)CC3)nn2C(c2ccccc2)c2ccccc2)C1(O)C(F)(F)F. The summed E-state index contributed by atoms with van der Waals surface area (Å²) in [5.41, 5.74) is -1.99. The summed E-state index contributed by atoms with van der Waals surface area (Å²) in [5, 5.41) is 19.0. The molecule has 4 aromatic rings. The molecular weight excluding hydrogens is 601 g/mol. The number of aromatic nitrogens is 2. The number of fused-ring (bicyclic) bond motifs is 1. The lowest BCUT2D eigenvalue weighted by Gasteiger charge is -2.40. The molecule has 3 heterocycles. The van der Waals surface area contributed by atoms with E-state index in [4.69, 9.17) is 14.6 Å². The van der Waals surface area contributed by atoms with Gasteiger partial charge in [0, 0.05) is 26.1 Å². The highest BCUT2D eigenvalue weighted by Gasteiger charge is 2.67. The van der Waals surface area contributed by atoms with E-state index >= 15 is 0 Å². The highest BCUT2D eigenvalue weighted by Crippen LogP contribution is 2.52. The number of amides is 2. The summed E-state index contributed by atoms with van der Waals surface area (Å²) >= 11 is 0. The van der Waals surface area contributed by atoms with Crippen LogP contribution in [0.2, 0.25) is 0 Å². The second-order valence-corrected chi connectivity index (χ2v) is 11.4. The Balaban J connectivity index is 1.41. The lowest BCUT2D eigenvalue weighted by Crippen LogP contribution is -2.60. The van der Waals surface area contributed by atoms with Crippen molar-refractivity contribution < 1.29 is 37.3 Å². The van der Waals surface area contributed by atoms with Crippen LogP contribution in [0.4, 0.5) is 23.8 Å². The van der Waals surface area contributed by atoms with E-state index in [1.54, 1.807) is 24.3 Å². The van der Waals surface area contributed by atoms with E-state index in [9.17, 15) is 27.9 Å². The van der Waals surface area contributed by atoms with Crippen molar-refractivity contribution in [2.45, 2.75) is 49.3 Å². The van der Waals surface area contributed by atoms with Crippen molar-refractivity contribution in [2.75, 3.05) is 25.5 Å². The van der Waals surface area contributed by atoms with Gasteiger partial charge in [-0.05, 0) is 29.5 Å². The first kappa shape index (κ1) is 31.3. The molecule has 2 unspecified atom stereocenters. The van der Waals surface area contributed by atoms with Gasteiger partial charge in [-0.1, -0.05) is 91.0 Å². The van der Waals surface area contributed by atoms with E-state index in [1.807, 2.05) is 66.7 Å². The molecule has 6 rings (SSSR count). The molecule has 46 heavy (non-hydrogen) atoms. The number of piperidine rings is 1. The van der Waals surface area contributed by atoms with Crippen molar-refractivity contribution in [3.8, 4) is 0 Å². The topological polar surface area (TPSA) is 106 Å². The molecule has 0 saturated carbocycles. The third-order valence-electron chi connectivity index (χ3n) is 8.67. The molecule has 1 aromatic heterocycles. The number of benzene rings is 3. The first-order chi connectivity index (χ1) is 22.1. The fourth-order valence-electron chi connectivity index (χ4n) is 6.38. The molecule has 12 heteroatoms. The van der Waals surface area contributed by atoms with Crippen LogP contribution in [0.5, 0.6) is 0 Å². The molecule has 0 aliphatic carbocycles. The number of alkyl halides is 3. The number of nitrogens with zero attached hydrogens (tertiary/aromatic N) is 3. The zero-order valence-corrected chi connectivity index (χ0v) is 25.0. The number of ether oxygens (including phenoxy) is 2. The molecule has 0 bridgehead atoms. The molecular formula is C34H33F3N4O5. The smallest absolute Gasteiger partial charge is 0.424 e. The van der Waals surface area contributed by atoms with Gasteiger partial charge >= 0.3 is 12.3 Å². The standard InChI is InChI=1S/C34H33F3N4O5/c1-45-29-31(42)38-30-26(33(29,44)34(35,36)37)27(23-17-19-40(20-18-23)32(43)46-21-22-11-5-2-6-12-22)39-41(30)28(24-13-7-3-8-14-24)25-15-9-4-10-16-25/h2-16,23,28-29,44H,17-21H2,1H3,(H,38,42). The number of hydrogen-bond acceptors (Lipinski definition) is 6. The van der Waals surface area contributed by atoms with E-state index in [1.165, 1.54) is 9.58 Å². The van der Waals surface area contributed by atoms with Crippen LogP contribution < -0.4 is 5.32 Å². The summed E-state index contributed by atoms with van der Waals surface area (Å²) in [6.07, 6.45) is -7.58. The lowest BCUT2D eigenvalue weighted by atomic mass is 9.79. The third-order valence-corrected chi connectivity index (χ3v) is 8.67. The predicted octanol–water partition coefficient (Wildman–Crippen LogP) is 5.75. The van der Waals surface area contributed by atoms with Gasteiger partial charge in [0.05, 0.1) is 11.3 Å². The Hall–Kier alpha value is -4.68. The Morgan fingerprint density at radius 2 is 1.52 bits per heavy atom. The normalized spacial score (nSPS) is 20.3. The maximum absolute atomic E-state index is 15.0. The number of likely N-dealkylation sites (tertiary alicyclic amines) is 1. The molecule has 240 valence electrons. The van der Waals surface area contributed by atoms with Crippen LogP contribution in [0.25, 0.3) is 0 Å². The van der Waals surface area contributed by atoms with Crippen molar-refractivity contribution in [3.05, 3.63) is 119 Å². The molecule has 0 radical (unpaired) electrons. The number of halogens is 3. The van der Waals surface area contributed by atoms with Crippen molar-refractivity contribution in [1.82, 2.24) is 14.7 Å². The summed E-state index contributed by atoms with van der Waals surface area (Å²) in [4.78, 5) is 27.5. The Kier molecular flexibility index (Phi) is 8.58. The van der Waals surface area contributed by atoms with Crippen molar-refractivity contribution in [1.29, 1.82) is 0 Å². The van der Waals surface area contributed by atoms with E-state index in [0.717, 1.165) is 12.7 Å². The second-order valence-electron chi connectivity index (χ2n) is 11.4. The minimum Gasteiger partial charge on any atom is -0.445 e. The summed E-state index contributed by atoms with van der Waals surface area (Å²) in [5.74, 6) is -1.98. The number of rotatable bonds is 7. The zero-order valence-electron chi connectivity index (χ0n) is 25.0. The predicted molar refractivity (Wildman–Crippen MR) is 162 cm³/mol. The van der Waals surface area contributed by atoms with Crippen molar-refractivity contribution in [3.63, 3.8) is 0 Å². The van der Waals surface area contributed by atoms with E-state index in [-0.39, 0.29) is 44.0 Å². The summed E-state index contributed by atoms with van der Waals surface area (Å²) in [6.45, 7) is 0.491. The maximum Gasteiger partial charge on any atom is 0.424 e. The number of anilines is 1. The number of carbonyl (C=O) groups is 2. The molecule has 2 N–H and O–H groups in total. The van der Waals surface area contributed by atoms with E-state index in [2.05, 4.69) is 5.32 Å². The van der Waals surface area contributed by atoms with E-state index in [0.29, 0.717) is 11.1 Å². The highest BCUT2D eigenvalue weighted by molar-refractivity contribution is 5.98. The molecule has 1 saturated heterocycles. The van der Waals surface area contributed by atoms with Gasteiger partial charge in [-0.15, -0.1) is 0 Å². The average molecular weight is 635 g/mol. The third kappa shape index (κ3) is 5.62. The zero-order chi connectivity index (χ0) is 32.5. The van der Waals surface area contributed by atoms with Crippen molar-refractivity contribution in [2.24, 2.45) is 0 Å². The number of nitrogens with one attached hydrogen (secondary N) is 1. The van der Waals surface area contributed by atoms with Gasteiger partial charge in [0.1, 0.15) is 18.5 Å². The summed E-state index contributed by atoms with van der Waals surface area (Å²) in [6, 6.07) is 26.6. The van der Waals surface area contributed by atoms with Gasteiger partial charge in [0.15, 0.2) is 6.10 Å². The maximum atomic E-state index is 15.0. The van der Waals surface area contributed by atoms with Crippen LogP contribution in [0.1, 0.15) is 52.7 Å². The molecule has 3 aromatic carbocycles. The number of carbonyl (C=O) groups excluding carboxylic acids is 2. The van der Waals surface area contributed by atoms with Gasteiger partial charge < -0.3 is 24.8 Å². The number of hydrogen-bond donors (Lipinski definition) is 2. The quantitative estimate of drug-likeness (QED) is 0.268. The minimum atomic E-state index is -5.29. The largest absolute Gasteiger partial charge is 0.445 e. The van der Waals surface area contributed by atoms with Crippen LogP contribution in [0, 0.1) is 0 Å². The molecule has 2 amide bonds. The first-order valence-corrected chi connectivity index (χ1v) is 14.9. The fraction of sp³-hybridized carbons (Fsp3) is 0.324. The van der Waals surface area contributed by atoms with Gasteiger partial charge in [-0.2, -0.15) is 18.3 Å². The van der Waals surface area contributed by atoms with Gasteiger partial charge in [-0.25, -0.2) is 9.48 Å². The van der Waals surface area contributed by atoms with Gasteiger partial charge in [0.2, 0.25) is 5.60 Å². The highest BCUT2D eigenvalue weighted by atomic mass is 19.4. The van der Waals surface area contributed by atoms with Crippen LogP contribution in [0.15, 0.2) is 91.0 Å². The van der Waals surface area contributed by atoms with Crippen LogP contribution in [-0.4, -0.2) is 64.3 Å². The molecule has 9 nitrogen and oxygen atoms in total. The summed E-state index contributed by atoms with van der Waals surface area (Å²) in [7, 11) is 0.951. The Morgan fingerprint density at radius 3 is 2.04 bits per heavy atom. The molecule has 1 fully saturated rings. The van der Waals surface area contributed by atoms with Crippen LogP contribution >= 0.6 is 0 Å². The van der Waals surface area contributed by atoms with Crippen LogP contribution in [-0.2, 0) is 26.5 Å². The van der Waals surface area contributed by atoms with Crippen molar-refractivity contribution >= 4 is 17.8 Å². The van der Waals surface area contributed by atoms with Gasteiger partial charge in [0.25, 0.3) is 5.91 Å². The monoisotopic (exact) mass is 634 g/mol. The van der Waals surface area contributed by atoms with Crippen LogP contribution in [0.3, 0.4) is 0 Å². The Bertz CT molecular complexity index is 1640. The first-order valence-electron chi connectivity index (χ1n) is 14.9. The number of aliphatic hydroxyl groups is 1. The molecule has 2 atom stereocenters. The Morgan fingerprint density at radius 1 is 0.978 bits per heavy atom. The van der Waals surface area contributed by atoms with Gasteiger partial charge in [-0.3, -0.25) is 4.79 Å². The average Bonchev–Trinajstić information content (AvgIpc) is 3.44. The second kappa shape index (κ2) is 12.6. The number of methoxy groups -OCH3 is 1. The Labute approximate surface area is 263 Å². The van der Waals surface area contributed by atoms with E-state index < -0.39 is 47.4 Å². The lowest BCUT2D eigenvalue weighted by molar-refractivity contribution is -0.296. The molecule has 2 aliphatic heterocycles. The fourth-order valence-corrected chi connectivity index (χ4v) is 6.38. The molecule has 0 spiro atoms. The molecule has 2 aliphatic rings. The summed E-state index contributed by atoms with van der Waals surface area (Å²) < 4.78 is 56.8.